The van der Waals surface area contributed by atoms with Crippen molar-refractivity contribution in [1.29, 1.82) is 0 Å². The highest BCUT2D eigenvalue weighted by Crippen LogP contribution is 2.46. The van der Waals surface area contributed by atoms with Crippen LogP contribution in [-0.2, 0) is 0 Å². The number of fused-ring (bicyclic) bond motifs is 8. The zero-order valence-corrected chi connectivity index (χ0v) is 28.6. The van der Waals surface area contributed by atoms with Crippen molar-refractivity contribution >= 4 is 92.4 Å². The summed E-state index contributed by atoms with van der Waals surface area (Å²) in [4.78, 5) is 7.20. The second-order valence-corrected chi connectivity index (χ2v) is 14.2. The van der Waals surface area contributed by atoms with Gasteiger partial charge in [0, 0.05) is 47.9 Å². The summed E-state index contributed by atoms with van der Waals surface area (Å²) < 4.78 is 15.7. The lowest BCUT2D eigenvalue weighted by molar-refractivity contribution is 0.620. The smallest absolute Gasteiger partial charge is 0.228 e. The Bertz CT molecular complexity index is 3130. The molecule has 4 nitrogen and oxygen atoms in total. The fourth-order valence-electron chi connectivity index (χ4n) is 7.75. The summed E-state index contributed by atoms with van der Waals surface area (Å²) in [6.45, 7) is 0. The van der Waals surface area contributed by atoms with Crippen LogP contribution in [0.5, 0.6) is 0 Å². The van der Waals surface area contributed by atoms with Crippen LogP contribution < -0.4 is 4.90 Å². The normalized spacial score (nSPS) is 11.8. The van der Waals surface area contributed by atoms with Gasteiger partial charge in [0.15, 0.2) is 11.2 Å². The van der Waals surface area contributed by atoms with Gasteiger partial charge < -0.3 is 13.7 Å². The Balaban J connectivity index is 1.15. The zero-order valence-electron chi connectivity index (χ0n) is 27.8. The van der Waals surface area contributed by atoms with Gasteiger partial charge in [-0.3, -0.25) is 0 Å². The molecule has 11 rings (SSSR count). The zero-order chi connectivity index (χ0) is 34.2. The molecule has 0 bridgehead atoms. The van der Waals surface area contributed by atoms with Crippen LogP contribution in [-0.4, -0.2) is 4.98 Å². The first-order valence-electron chi connectivity index (χ1n) is 17.4. The van der Waals surface area contributed by atoms with Crippen molar-refractivity contribution in [3.8, 4) is 22.6 Å². The van der Waals surface area contributed by atoms with E-state index in [1.165, 1.54) is 36.5 Å². The fourth-order valence-corrected chi connectivity index (χ4v) is 8.88. The summed E-state index contributed by atoms with van der Waals surface area (Å²) in [6, 6.07) is 59.8. The third-order valence-corrected chi connectivity index (χ3v) is 11.2. The van der Waals surface area contributed by atoms with E-state index in [9.17, 15) is 0 Å². The van der Waals surface area contributed by atoms with Crippen LogP contribution in [0.1, 0.15) is 0 Å². The van der Waals surface area contributed by atoms with Crippen molar-refractivity contribution in [1.82, 2.24) is 4.98 Å². The van der Waals surface area contributed by atoms with E-state index in [0.717, 1.165) is 61.2 Å². The number of furan rings is 1. The van der Waals surface area contributed by atoms with Gasteiger partial charge in [-0.15, -0.1) is 11.3 Å². The van der Waals surface area contributed by atoms with Crippen LogP contribution in [0.4, 0.5) is 17.1 Å². The standard InChI is InChI=1S/C47H28N2O2S/c1-2-15-33-29(11-1)12-8-17-34(33)30-13-7-14-31(27-30)49(32-25-26-36-35-16-3-6-24-43(35)52-44(36)28-32)40-21-9-18-37-45-38(19-10-23-42(45)50-46(37)40)47-48-39-20-4-5-22-41(39)51-47/h1-28H. The molecule has 3 aromatic heterocycles. The lowest BCUT2D eigenvalue weighted by Crippen LogP contribution is -2.10. The van der Waals surface area contributed by atoms with E-state index in [0.29, 0.717) is 5.89 Å². The summed E-state index contributed by atoms with van der Waals surface area (Å²) in [5.41, 5.74) is 9.48. The number of aromatic nitrogens is 1. The van der Waals surface area contributed by atoms with Gasteiger partial charge in [0.1, 0.15) is 11.1 Å². The molecule has 0 aliphatic rings. The molecule has 0 radical (unpaired) electrons. The summed E-state index contributed by atoms with van der Waals surface area (Å²) in [7, 11) is 0. The molecule has 0 saturated heterocycles. The minimum Gasteiger partial charge on any atom is -0.454 e. The van der Waals surface area contributed by atoms with E-state index in [-0.39, 0.29) is 0 Å². The molecule has 0 aliphatic carbocycles. The molecule has 5 heteroatoms. The molecule has 0 saturated carbocycles. The van der Waals surface area contributed by atoms with Crippen LogP contribution in [0.15, 0.2) is 179 Å². The molecule has 11 aromatic rings. The first kappa shape index (κ1) is 29.1. The number of nitrogens with zero attached hydrogens (tertiary/aromatic N) is 2. The predicted molar refractivity (Wildman–Crippen MR) is 217 cm³/mol. The van der Waals surface area contributed by atoms with Gasteiger partial charge in [-0.25, -0.2) is 4.98 Å². The summed E-state index contributed by atoms with van der Waals surface area (Å²) >= 11 is 1.83. The van der Waals surface area contributed by atoms with Gasteiger partial charge in [-0.05, 0) is 82.6 Å². The average molecular weight is 685 g/mol. The molecule has 52 heavy (non-hydrogen) atoms. The highest BCUT2D eigenvalue weighted by atomic mass is 32.1. The Morgan fingerprint density at radius 3 is 2.15 bits per heavy atom. The SMILES string of the molecule is c1cc(-c2cccc3ccccc23)cc(N(c2ccc3c(c2)sc2ccccc23)c2cccc3c2oc2cccc(-c4nc5ccccc5o4)c23)c1. The summed E-state index contributed by atoms with van der Waals surface area (Å²) in [5, 5.41) is 6.98. The summed E-state index contributed by atoms with van der Waals surface area (Å²) in [5.74, 6) is 0.578. The fraction of sp³-hybridized carbons (Fsp3) is 0. The number of hydrogen-bond acceptors (Lipinski definition) is 5. The Morgan fingerprint density at radius 2 is 1.19 bits per heavy atom. The Hall–Kier alpha value is -6.69. The Morgan fingerprint density at radius 1 is 0.481 bits per heavy atom. The molecule has 0 spiro atoms. The highest BCUT2D eigenvalue weighted by Gasteiger charge is 2.23. The predicted octanol–water partition coefficient (Wildman–Crippen LogP) is 14.1. The van der Waals surface area contributed by atoms with Crippen molar-refractivity contribution in [3.63, 3.8) is 0 Å². The van der Waals surface area contributed by atoms with E-state index in [1.54, 1.807) is 0 Å². The van der Waals surface area contributed by atoms with Gasteiger partial charge in [0.05, 0.1) is 5.69 Å². The maximum atomic E-state index is 6.84. The lowest BCUT2D eigenvalue weighted by atomic mass is 9.97. The van der Waals surface area contributed by atoms with Crippen molar-refractivity contribution in [2.75, 3.05) is 4.90 Å². The van der Waals surface area contributed by atoms with E-state index in [4.69, 9.17) is 13.8 Å². The third kappa shape index (κ3) is 4.50. The number of anilines is 3. The van der Waals surface area contributed by atoms with Crippen LogP contribution in [0.3, 0.4) is 0 Å². The maximum Gasteiger partial charge on any atom is 0.228 e. The molecular formula is C47H28N2O2S. The third-order valence-electron chi connectivity index (χ3n) is 10.1. The molecule has 244 valence electrons. The topological polar surface area (TPSA) is 42.4 Å². The van der Waals surface area contributed by atoms with Crippen molar-refractivity contribution < 1.29 is 8.83 Å². The molecule has 0 unspecified atom stereocenters. The molecule has 0 aliphatic heterocycles. The van der Waals surface area contributed by atoms with Crippen LogP contribution in [0.2, 0.25) is 0 Å². The number of benzene rings is 8. The monoisotopic (exact) mass is 684 g/mol. The second-order valence-electron chi connectivity index (χ2n) is 13.1. The Kier molecular flexibility index (Phi) is 6.39. The highest BCUT2D eigenvalue weighted by molar-refractivity contribution is 7.25. The largest absolute Gasteiger partial charge is 0.454 e. The lowest BCUT2D eigenvalue weighted by Gasteiger charge is -2.26. The average Bonchev–Trinajstić information content (AvgIpc) is 3.91. The Labute approximate surface area is 302 Å². The van der Waals surface area contributed by atoms with Gasteiger partial charge in [-0.1, -0.05) is 109 Å². The van der Waals surface area contributed by atoms with Gasteiger partial charge >= 0.3 is 0 Å². The van der Waals surface area contributed by atoms with Crippen LogP contribution >= 0.6 is 11.3 Å². The first-order chi connectivity index (χ1) is 25.8. The van der Waals surface area contributed by atoms with Crippen molar-refractivity contribution in [2.24, 2.45) is 0 Å². The number of rotatable bonds is 5. The number of hydrogen-bond donors (Lipinski definition) is 0. The maximum absolute atomic E-state index is 6.84. The van der Waals surface area contributed by atoms with Crippen LogP contribution in [0.25, 0.3) is 86.6 Å². The van der Waals surface area contributed by atoms with Crippen molar-refractivity contribution in [2.45, 2.75) is 0 Å². The number of thiophene rings is 1. The molecule has 0 N–H and O–H groups in total. The number of oxazole rings is 1. The van der Waals surface area contributed by atoms with E-state index < -0.39 is 0 Å². The van der Waals surface area contributed by atoms with Crippen molar-refractivity contribution in [3.05, 3.63) is 170 Å². The molecule has 0 atom stereocenters. The van der Waals surface area contributed by atoms with Crippen LogP contribution in [0, 0.1) is 0 Å². The molecule has 8 aromatic carbocycles. The quantitative estimate of drug-likeness (QED) is 0.181. The minimum absolute atomic E-state index is 0.578. The van der Waals surface area contributed by atoms with Gasteiger partial charge in [0.25, 0.3) is 0 Å². The second kappa shape index (κ2) is 11.4. The van der Waals surface area contributed by atoms with Gasteiger partial charge in [-0.2, -0.15) is 0 Å². The van der Waals surface area contributed by atoms with E-state index in [2.05, 4.69) is 138 Å². The van der Waals surface area contributed by atoms with E-state index in [1.807, 2.05) is 47.7 Å². The van der Waals surface area contributed by atoms with E-state index >= 15 is 0 Å². The molecule has 0 fully saturated rings. The number of para-hydroxylation sites is 3. The minimum atomic E-state index is 0.578. The summed E-state index contributed by atoms with van der Waals surface area (Å²) in [6.07, 6.45) is 0. The molecule has 0 amide bonds. The van der Waals surface area contributed by atoms with Gasteiger partial charge in [0.2, 0.25) is 5.89 Å². The molecular weight excluding hydrogens is 657 g/mol. The first-order valence-corrected chi connectivity index (χ1v) is 18.2. The molecule has 3 heterocycles.